The van der Waals surface area contributed by atoms with Crippen LogP contribution in [0.4, 0.5) is 0 Å². The minimum atomic E-state index is 0.298. The summed E-state index contributed by atoms with van der Waals surface area (Å²) < 4.78 is 0. The first-order chi connectivity index (χ1) is 7.16. The molecule has 0 N–H and O–H groups in total. The number of Topliss-reactive ketones (excluding diaryl/α,β-unsaturated/α-hetero) is 1. The average Bonchev–Trinajstić information content (AvgIpc) is 2.57. The van der Waals surface area contributed by atoms with Crippen LogP contribution >= 0.6 is 0 Å². The van der Waals surface area contributed by atoms with E-state index in [0.29, 0.717) is 11.7 Å². The van der Waals surface area contributed by atoms with Crippen molar-refractivity contribution in [1.82, 2.24) is 0 Å². The maximum atomic E-state index is 11.6. The molecule has 0 amide bonds. The van der Waals surface area contributed by atoms with Gasteiger partial charge in [-0.15, -0.1) is 0 Å². The van der Waals surface area contributed by atoms with E-state index < -0.39 is 0 Å². The zero-order valence-electron chi connectivity index (χ0n) is 9.55. The smallest absolute Gasteiger partial charge is 0.136 e. The van der Waals surface area contributed by atoms with Gasteiger partial charge in [-0.1, -0.05) is 23.8 Å². The highest BCUT2D eigenvalue weighted by Gasteiger charge is 2.24. The predicted octanol–water partition coefficient (Wildman–Crippen LogP) is 3.22. The Morgan fingerprint density at radius 1 is 1.33 bits per heavy atom. The number of hydrogen-bond acceptors (Lipinski definition) is 1. The first-order valence-corrected chi connectivity index (χ1v) is 5.75. The second-order valence-corrected chi connectivity index (χ2v) is 4.69. The highest BCUT2D eigenvalue weighted by atomic mass is 16.1. The third-order valence-corrected chi connectivity index (χ3v) is 3.40. The van der Waals surface area contributed by atoms with Crippen molar-refractivity contribution in [3.05, 3.63) is 34.9 Å². The van der Waals surface area contributed by atoms with Crippen LogP contribution in [0.5, 0.6) is 0 Å². The van der Waals surface area contributed by atoms with E-state index >= 15 is 0 Å². The molecule has 0 saturated heterocycles. The van der Waals surface area contributed by atoms with E-state index in [9.17, 15) is 4.79 Å². The van der Waals surface area contributed by atoms with Crippen LogP contribution in [0.25, 0.3) is 0 Å². The van der Waals surface area contributed by atoms with Crippen LogP contribution in [0, 0.1) is 19.8 Å². The normalized spacial score (nSPS) is 20.9. The fourth-order valence-corrected chi connectivity index (χ4v) is 2.44. The molecule has 1 unspecified atom stereocenters. The van der Waals surface area contributed by atoms with Gasteiger partial charge in [-0.3, -0.25) is 4.79 Å². The SMILES string of the molecule is Cc1ccc(CC2CCCC2=O)c(C)c1. The van der Waals surface area contributed by atoms with Crippen molar-refractivity contribution in [1.29, 1.82) is 0 Å². The third kappa shape index (κ3) is 2.28. The Morgan fingerprint density at radius 3 is 2.73 bits per heavy atom. The zero-order chi connectivity index (χ0) is 10.8. The van der Waals surface area contributed by atoms with Gasteiger partial charge < -0.3 is 0 Å². The monoisotopic (exact) mass is 202 g/mol. The first-order valence-electron chi connectivity index (χ1n) is 5.75. The molecular weight excluding hydrogens is 184 g/mol. The zero-order valence-corrected chi connectivity index (χ0v) is 9.55. The molecule has 1 fully saturated rings. The number of carbonyl (C=O) groups excluding carboxylic acids is 1. The molecule has 1 aliphatic rings. The molecule has 2 rings (SSSR count). The van der Waals surface area contributed by atoms with Crippen molar-refractivity contribution < 1.29 is 4.79 Å². The summed E-state index contributed by atoms with van der Waals surface area (Å²) >= 11 is 0. The number of hydrogen-bond donors (Lipinski definition) is 0. The largest absolute Gasteiger partial charge is 0.299 e. The molecule has 1 aliphatic carbocycles. The minimum Gasteiger partial charge on any atom is -0.299 e. The molecule has 1 aromatic rings. The number of benzene rings is 1. The van der Waals surface area contributed by atoms with Crippen molar-refractivity contribution in [2.75, 3.05) is 0 Å². The van der Waals surface area contributed by atoms with Crippen LogP contribution in [0.1, 0.15) is 36.0 Å². The van der Waals surface area contributed by atoms with E-state index in [-0.39, 0.29) is 0 Å². The lowest BCUT2D eigenvalue weighted by Gasteiger charge is -2.11. The van der Waals surface area contributed by atoms with Gasteiger partial charge in [0.25, 0.3) is 0 Å². The molecule has 0 spiro atoms. The Labute approximate surface area is 91.5 Å². The van der Waals surface area contributed by atoms with Crippen molar-refractivity contribution in [3.8, 4) is 0 Å². The summed E-state index contributed by atoms with van der Waals surface area (Å²) in [5, 5.41) is 0. The molecule has 0 heterocycles. The van der Waals surface area contributed by atoms with Crippen molar-refractivity contribution in [2.24, 2.45) is 5.92 Å². The third-order valence-electron chi connectivity index (χ3n) is 3.40. The van der Waals surface area contributed by atoms with Crippen LogP contribution in [-0.4, -0.2) is 5.78 Å². The van der Waals surface area contributed by atoms with Gasteiger partial charge in [-0.05, 0) is 44.2 Å². The molecule has 1 heteroatoms. The summed E-state index contributed by atoms with van der Waals surface area (Å²) in [7, 11) is 0. The summed E-state index contributed by atoms with van der Waals surface area (Å²) in [6.45, 7) is 4.25. The highest BCUT2D eigenvalue weighted by molar-refractivity contribution is 5.83. The molecule has 1 aromatic carbocycles. The Morgan fingerprint density at radius 2 is 2.13 bits per heavy atom. The second kappa shape index (κ2) is 4.18. The predicted molar refractivity (Wildman–Crippen MR) is 62.0 cm³/mol. The van der Waals surface area contributed by atoms with Gasteiger partial charge in [-0.25, -0.2) is 0 Å². The van der Waals surface area contributed by atoms with Gasteiger partial charge in [0, 0.05) is 12.3 Å². The summed E-state index contributed by atoms with van der Waals surface area (Å²) in [5.41, 5.74) is 3.98. The molecule has 0 aromatic heterocycles. The van der Waals surface area contributed by atoms with Gasteiger partial charge in [0.1, 0.15) is 5.78 Å². The molecule has 1 nitrogen and oxygen atoms in total. The van der Waals surface area contributed by atoms with Gasteiger partial charge in [0.15, 0.2) is 0 Å². The van der Waals surface area contributed by atoms with Gasteiger partial charge in [0.05, 0.1) is 0 Å². The van der Waals surface area contributed by atoms with Crippen molar-refractivity contribution >= 4 is 5.78 Å². The molecule has 0 radical (unpaired) electrons. The summed E-state index contributed by atoms with van der Waals surface area (Å²) in [4.78, 5) is 11.6. The average molecular weight is 202 g/mol. The number of ketones is 1. The fourth-order valence-electron chi connectivity index (χ4n) is 2.44. The Hall–Kier alpha value is -1.11. The lowest BCUT2D eigenvalue weighted by atomic mass is 9.93. The van der Waals surface area contributed by atoms with Crippen LogP contribution in [0.3, 0.4) is 0 Å². The van der Waals surface area contributed by atoms with Gasteiger partial charge >= 0.3 is 0 Å². The van der Waals surface area contributed by atoms with Crippen LogP contribution in [0.2, 0.25) is 0 Å². The topological polar surface area (TPSA) is 17.1 Å². The summed E-state index contributed by atoms with van der Waals surface area (Å²) in [5.74, 6) is 0.765. The second-order valence-electron chi connectivity index (χ2n) is 4.69. The van der Waals surface area contributed by atoms with E-state index in [1.165, 1.54) is 16.7 Å². The Bertz CT molecular complexity index is 379. The van der Waals surface area contributed by atoms with E-state index in [1.54, 1.807) is 0 Å². The number of aryl methyl sites for hydroxylation is 2. The molecular formula is C14H18O. The van der Waals surface area contributed by atoms with Gasteiger partial charge in [-0.2, -0.15) is 0 Å². The fraction of sp³-hybridized carbons (Fsp3) is 0.500. The quantitative estimate of drug-likeness (QED) is 0.719. The molecule has 1 saturated carbocycles. The highest BCUT2D eigenvalue weighted by Crippen LogP contribution is 2.26. The first kappa shape index (κ1) is 10.4. The van der Waals surface area contributed by atoms with Crippen LogP contribution in [-0.2, 0) is 11.2 Å². The molecule has 0 bridgehead atoms. The number of rotatable bonds is 2. The Kier molecular flexibility index (Phi) is 2.90. The summed E-state index contributed by atoms with van der Waals surface area (Å²) in [6, 6.07) is 6.52. The minimum absolute atomic E-state index is 0.298. The molecule has 0 aliphatic heterocycles. The van der Waals surface area contributed by atoms with E-state index in [1.807, 2.05) is 0 Å². The molecule has 1 atom stereocenters. The van der Waals surface area contributed by atoms with Crippen LogP contribution in [0.15, 0.2) is 18.2 Å². The van der Waals surface area contributed by atoms with Gasteiger partial charge in [0.2, 0.25) is 0 Å². The molecule has 80 valence electrons. The van der Waals surface area contributed by atoms with Crippen molar-refractivity contribution in [3.63, 3.8) is 0 Å². The van der Waals surface area contributed by atoms with Crippen molar-refractivity contribution in [2.45, 2.75) is 39.5 Å². The molecule has 15 heavy (non-hydrogen) atoms. The van der Waals surface area contributed by atoms with Crippen LogP contribution < -0.4 is 0 Å². The number of carbonyl (C=O) groups is 1. The van der Waals surface area contributed by atoms with E-state index in [0.717, 1.165) is 25.7 Å². The summed E-state index contributed by atoms with van der Waals surface area (Å²) in [6.07, 6.45) is 3.93. The lowest BCUT2D eigenvalue weighted by molar-refractivity contribution is -0.120. The maximum absolute atomic E-state index is 11.6. The van der Waals surface area contributed by atoms with E-state index in [2.05, 4.69) is 32.0 Å². The lowest BCUT2D eigenvalue weighted by Crippen LogP contribution is -2.10. The Balaban J connectivity index is 2.13. The maximum Gasteiger partial charge on any atom is 0.136 e. The van der Waals surface area contributed by atoms with E-state index in [4.69, 9.17) is 0 Å². The standard InChI is InChI=1S/C14H18O/c1-10-6-7-12(11(2)8-10)9-13-4-3-5-14(13)15/h6-8,13H,3-5,9H2,1-2H3.